The molecule has 0 aliphatic carbocycles. The van der Waals surface area contributed by atoms with Crippen LogP contribution in [0.15, 0.2) is 29.3 Å². The van der Waals surface area contributed by atoms with Crippen LogP contribution in [0.25, 0.3) is 10.9 Å². The van der Waals surface area contributed by atoms with Crippen molar-refractivity contribution in [3.63, 3.8) is 0 Å². The zero-order chi connectivity index (χ0) is 15.4. The Hall–Kier alpha value is -1.62. The minimum absolute atomic E-state index is 0.0500. The summed E-state index contributed by atoms with van der Waals surface area (Å²) in [5.74, 6) is 1.23. The summed E-state index contributed by atoms with van der Waals surface area (Å²) in [6.07, 6.45) is 0. The summed E-state index contributed by atoms with van der Waals surface area (Å²) in [5, 5.41) is 4.65. The van der Waals surface area contributed by atoms with Crippen molar-refractivity contribution in [2.75, 3.05) is 6.54 Å². The summed E-state index contributed by atoms with van der Waals surface area (Å²) < 4.78 is 0. The lowest BCUT2D eigenvalue weighted by atomic mass is 10.2. The van der Waals surface area contributed by atoms with Crippen molar-refractivity contribution in [2.24, 2.45) is 5.92 Å². The molecule has 1 aromatic heterocycles. The van der Waals surface area contributed by atoms with E-state index in [1.54, 1.807) is 0 Å². The summed E-state index contributed by atoms with van der Waals surface area (Å²) in [5.41, 5.74) is 0.919. The number of thioether (sulfide) groups is 1. The number of aryl methyl sites for hydroxylation is 1. The first kappa shape index (κ1) is 15.8. The topological polar surface area (TPSA) is 54.9 Å². The number of rotatable bonds is 5. The van der Waals surface area contributed by atoms with Gasteiger partial charge < -0.3 is 5.32 Å². The number of amides is 1. The average molecular weight is 303 g/mol. The highest BCUT2D eigenvalue weighted by atomic mass is 32.2. The number of carbonyl (C=O) groups is 1. The monoisotopic (exact) mass is 303 g/mol. The molecule has 112 valence electrons. The second kappa shape index (κ2) is 6.89. The number of nitrogens with zero attached hydrogens (tertiary/aromatic N) is 2. The molecule has 1 heterocycles. The van der Waals surface area contributed by atoms with Crippen LogP contribution in [0.4, 0.5) is 0 Å². The quantitative estimate of drug-likeness (QED) is 0.681. The Morgan fingerprint density at radius 2 is 1.95 bits per heavy atom. The summed E-state index contributed by atoms with van der Waals surface area (Å²) >= 11 is 1.48. The predicted molar refractivity (Wildman–Crippen MR) is 87.4 cm³/mol. The van der Waals surface area contributed by atoms with E-state index in [9.17, 15) is 4.79 Å². The number of fused-ring (bicyclic) bond motifs is 1. The number of carbonyl (C=O) groups excluding carboxylic acids is 1. The van der Waals surface area contributed by atoms with Gasteiger partial charge in [-0.3, -0.25) is 4.79 Å². The van der Waals surface area contributed by atoms with Gasteiger partial charge in [-0.15, -0.1) is 0 Å². The Morgan fingerprint density at radius 3 is 2.67 bits per heavy atom. The molecule has 0 spiro atoms. The summed E-state index contributed by atoms with van der Waals surface area (Å²) in [6, 6.07) is 7.89. The molecular weight excluding hydrogens is 282 g/mol. The molecule has 0 saturated heterocycles. The van der Waals surface area contributed by atoms with Gasteiger partial charge in [-0.2, -0.15) is 0 Å². The van der Waals surface area contributed by atoms with Gasteiger partial charge in [0.2, 0.25) is 5.91 Å². The molecule has 1 unspecified atom stereocenters. The van der Waals surface area contributed by atoms with Crippen LogP contribution in [-0.2, 0) is 4.79 Å². The second-order valence-electron chi connectivity index (χ2n) is 5.49. The number of hydrogen-bond donors (Lipinski definition) is 1. The van der Waals surface area contributed by atoms with Crippen LogP contribution in [0.1, 0.15) is 26.6 Å². The Kier molecular flexibility index (Phi) is 5.17. The van der Waals surface area contributed by atoms with Crippen LogP contribution in [0.3, 0.4) is 0 Å². The van der Waals surface area contributed by atoms with E-state index in [0.717, 1.165) is 21.8 Å². The molecule has 0 aliphatic rings. The van der Waals surface area contributed by atoms with E-state index < -0.39 is 0 Å². The van der Waals surface area contributed by atoms with Gasteiger partial charge in [-0.25, -0.2) is 9.97 Å². The zero-order valence-electron chi connectivity index (χ0n) is 12.9. The average Bonchev–Trinajstić information content (AvgIpc) is 2.44. The molecule has 1 amide bonds. The molecule has 0 fully saturated rings. The zero-order valence-corrected chi connectivity index (χ0v) is 13.7. The van der Waals surface area contributed by atoms with Gasteiger partial charge in [-0.1, -0.05) is 43.8 Å². The first-order valence-electron chi connectivity index (χ1n) is 7.15. The van der Waals surface area contributed by atoms with Gasteiger partial charge in [0.05, 0.1) is 10.8 Å². The van der Waals surface area contributed by atoms with Gasteiger partial charge in [0.25, 0.3) is 0 Å². The van der Waals surface area contributed by atoms with Crippen molar-refractivity contribution in [3.8, 4) is 0 Å². The Morgan fingerprint density at radius 1 is 1.24 bits per heavy atom. The van der Waals surface area contributed by atoms with E-state index in [1.807, 2.05) is 38.1 Å². The third-order valence-corrected chi connectivity index (χ3v) is 4.12. The minimum atomic E-state index is -0.179. The molecule has 4 nitrogen and oxygen atoms in total. The van der Waals surface area contributed by atoms with Gasteiger partial charge in [0.1, 0.15) is 10.9 Å². The highest BCUT2D eigenvalue weighted by molar-refractivity contribution is 8.00. The Bertz CT molecular complexity index is 642. The lowest BCUT2D eigenvalue weighted by Crippen LogP contribution is -2.33. The van der Waals surface area contributed by atoms with Crippen LogP contribution in [-0.4, -0.2) is 27.7 Å². The molecule has 0 bridgehead atoms. The Balaban J connectivity index is 2.17. The maximum atomic E-state index is 12.1. The summed E-state index contributed by atoms with van der Waals surface area (Å²) in [7, 11) is 0. The van der Waals surface area contributed by atoms with Gasteiger partial charge in [-0.05, 0) is 25.8 Å². The maximum Gasteiger partial charge on any atom is 0.233 e. The van der Waals surface area contributed by atoms with E-state index >= 15 is 0 Å². The number of para-hydroxylation sites is 1. The van der Waals surface area contributed by atoms with E-state index in [0.29, 0.717) is 12.5 Å². The van der Waals surface area contributed by atoms with Crippen molar-refractivity contribution >= 4 is 28.6 Å². The molecule has 1 aromatic carbocycles. The van der Waals surface area contributed by atoms with Crippen LogP contribution in [0.5, 0.6) is 0 Å². The highest BCUT2D eigenvalue weighted by Gasteiger charge is 2.17. The molecule has 1 N–H and O–H groups in total. The normalized spacial score (nSPS) is 12.6. The SMILES string of the molecule is Cc1nc(SC(C)C(=O)NCC(C)C)c2ccccc2n1. The second-order valence-corrected chi connectivity index (χ2v) is 6.82. The molecule has 2 rings (SSSR count). The molecule has 1 atom stereocenters. The van der Waals surface area contributed by atoms with E-state index in [4.69, 9.17) is 0 Å². The molecule has 2 aromatic rings. The van der Waals surface area contributed by atoms with E-state index in [2.05, 4.69) is 29.1 Å². The minimum Gasteiger partial charge on any atom is -0.355 e. The fourth-order valence-corrected chi connectivity index (χ4v) is 2.93. The molecular formula is C16H21N3OS. The van der Waals surface area contributed by atoms with Crippen LogP contribution < -0.4 is 5.32 Å². The van der Waals surface area contributed by atoms with E-state index in [1.165, 1.54) is 11.8 Å². The van der Waals surface area contributed by atoms with Crippen molar-refractivity contribution in [1.82, 2.24) is 15.3 Å². The third kappa shape index (κ3) is 4.17. The first-order chi connectivity index (χ1) is 9.97. The van der Waals surface area contributed by atoms with Crippen LogP contribution in [0, 0.1) is 12.8 Å². The van der Waals surface area contributed by atoms with Crippen molar-refractivity contribution in [2.45, 2.75) is 38.0 Å². The lowest BCUT2D eigenvalue weighted by molar-refractivity contribution is -0.120. The third-order valence-electron chi connectivity index (χ3n) is 3.02. The smallest absolute Gasteiger partial charge is 0.233 e. The fourth-order valence-electron chi connectivity index (χ4n) is 1.92. The number of nitrogens with one attached hydrogen (secondary N) is 1. The van der Waals surface area contributed by atoms with Crippen molar-refractivity contribution in [1.29, 1.82) is 0 Å². The van der Waals surface area contributed by atoms with Gasteiger partial charge in [0.15, 0.2) is 0 Å². The molecule has 21 heavy (non-hydrogen) atoms. The number of aromatic nitrogens is 2. The predicted octanol–water partition coefficient (Wildman–Crippen LogP) is 3.19. The first-order valence-corrected chi connectivity index (χ1v) is 8.03. The van der Waals surface area contributed by atoms with Crippen molar-refractivity contribution in [3.05, 3.63) is 30.1 Å². The Labute approximate surface area is 129 Å². The number of benzene rings is 1. The molecule has 5 heteroatoms. The summed E-state index contributed by atoms with van der Waals surface area (Å²) in [6.45, 7) is 8.65. The van der Waals surface area contributed by atoms with Crippen molar-refractivity contribution < 1.29 is 4.79 Å². The maximum absolute atomic E-state index is 12.1. The van der Waals surface area contributed by atoms with Crippen LogP contribution >= 0.6 is 11.8 Å². The number of hydrogen-bond acceptors (Lipinski definition) is 4. The highest BCUT2D eigenvalue weighted by Crippen LogP contribution is 2.28. The molecule has 0 aliphatic heterocycles. The van der Waals surface area contributed by atoms with Gasteiger partial charge >= 0.3 is 0 Å². The standard InChI is InChI=1S/C16H21N3OS/c1-10(2)9-17-15(20)11(3)21-16-13-7-5-6-8-14(13)18-12(4)19-16/h5-8,10-11H,9H2,1-4H3,(H,17,20). The molecule has 0 saturated carbocycles. The van der Waals surface area contributed by atoms with Crippen LogP contribution in [0.2, 0.25) is 0 Å². The fraction of sp³-hybridized carbons (Fsp3) is 0.438. The lowest BCUT2D eigenvalue weighted by Gasteiger charge is -2.14. The molecule has 0 radical (unpaired) electrons. The summed E-state index contributed by atoms with van der Waals surface area (Å²) in [4.78, 5) is 21.0. The van der Waals surface area contributed by atoms with Gasteiger partial charge in [0, 0.05) is 11.9 Å². The largest absolute Gasteiger partial charge is 0.355 e. The van der Waals surface area contributed by atoms with E-state index in [-0.39, 0.29) is 11.2 Å².